The zero-order valence-electron chi connectivity index (χ0n) is 13.4. The second kappa shape index (κ2) is 7.16. The highest BCUT2D eigenvalue weighted by Crippen LogP contribution is 2.33. The van der Waals surface area contributed by atoms with Crippen molar-refractivity contribution in [1.29, 1.82) is 0 Å². The molecule has 0 unspecified atom stereocenters. The van der Waals surface area contributed by atoms with Crippen molar-refractivity contribution in [2.75, 3.05) is 0 Å². The Hall–Kier alpha value is -0.840. The maximum absolute atomic E-state index is 4.99. The van der Waals surface area contributed by atoms with Crippen molar-refractivity contribution in [3.05, 3.63) is 46.0 Å². The van der Waals surface area contributed by atoms with Gasteiger partial charge in [0.15, 0.2) is 0 Å². The lowest BCUT2D eigenvalue weighted by molar-refractivity contribution is 0.334. The second-order valence-corrected chi connectivity index (χ2v) is 7.64. The second-order valence-electron chi connectivity index (χ2n) is 6.56. The predicted molar refractivity (Wildman–Crippen MR) is 101 cm³/mol. The molecule has 3 rings (SSSR count). The van der Waals surface area contributed by atoms with Gasteiger partial charge in [-0.3, -0.25) is 4.68 Å². The minimum absolute atomic E-state index is 0.506. The Morgan fingerprint density at radius 3 is 2.50 bits per heavy atom. The molecule has 1 heterocycles. The van der Waals surface area contributed by atoms with Crippen molar-refractivity contribution in [3.8, 4) is 11.3 Å². The van der Waals surface area contributed by atoms with Crippen LogP contribution >= 0.6 is 22.6 Å². The molecule has 1 saturated carbocycles. The first-order valence-corrected chi connectivity index (χ1v) is 9.38. The van der Waals surface area contributed by atoms with Gasteiger partial charge in [-0.1, -0.05) is 44.2 Å². The van der Waals surface area contributed by atoms with Crippen LogP contribution in [0.25, 0.3) is 11.3 Å². The molecule has 0 saturated heterocycles. The van der Waals surface area contributed by atoms with Crippen LogP contribution in [0.1, 0.15) is 51.1 Å². The van der Waals surface area contributed by atoms with Crippen LogP contribution in [0, 0.1) is 15.9 Å². The fraction of sp³-hybridized carbons (Fsp3) is 0.474. The van der Waals surface area contributed by atoms with E-state index in [2.05, 4.69) is 77.9 Å². The summed E-state index contributed by atoms with van der Waals surface area (Å²) in [5, 5.41) is 4.99. The predicted octanol–water partition coefficient (Wildman–Crippen LogP) is 5.67. The van der Waals surface area contributed by atoms with Gasteiger partial charge in [0, 0.05) is 12.1 Å². The van der Waals surface area contributed by atoms with E-state index >= 15 is 0 Å². The van der Waals surface area contributed by atoms with Gasteiger partial charge in [0.25, 0.3) is 0 Å². The number of rotatable bonds is 4. The summed E-state index contributed by atoms with van der Waals surface area (Å²) in [6.45, 7) is 5.63. The lowest BCUT2D eigenvalue weighted by Crippen LogP contribution is -2.17. The number of benzene rings is 1. The average molecular weight is 407 g/mol. The Morgan fingerprint density at radius 1 is 1.18 bits per heavy atom. The van der Waals surface area contributed by atoms with Crippen LogP contribution in [0.4, 0.5) is 0 Å². The van der Waals surface area contributed by atoms with E-state index in [-0.39, 0.29) is 0 Å². The van der Waals surface area contributed by atoms with Crippen molar-refractivity contribution in [1.82, 2.24) is 9.78 Å². The number of aromatic nitrogens is 2. The number of hydrogen-bond donors (Lipinski definition) is 0. The van der Waals surface area contributed by atoms with Crippen LogP contribution in [0.15, 0.2) is 30.3 Å². The molecule has 2 aromatic rings. The maximum Gasteiger partial charge on any atom is 0.106 e. The molecule has 0 amide bonds. The van der Waals surface area contributed by atoms with E-state index in [1.165, 1.54) is 40.5 Å². The van der Waals surface area contributed by atoms with Crippen LogP contribution in [0.5, 0.6) is 0 Å². The van der Waals surface area contributed by atoms with Crippen molar-refractivity contribution in [2.24, 2.45) is 5.92 Å². The van der Waals surface area contributed by atoms with E-state index < -0.39 is 0 Å². The summed E-state index contributed by atoms with van der Waals surface area (Å²) in [4.78, 5) is 0. The molecule has 1 aliphatic carbocycles. The van der Waals surface area contributed by atoms with Crippen LogP contribution in [0.2, 0.25) is 0 Å². The minimum Gasteiger partial charge on any atom is -0.267 e. The molecule has 1 aromatic heterocycles. The van der Waals surface area contributed by atoms with E-state index in [4.69, 9.17) is 5.10 Å². The first-order chi connectivity index (χ1) is 10.7. The summed E-state index contributed by atoms with van der Waals surface area (Å²) in [7, 11) is 0. The smallest absolute Gasteiger partial charge is 0.106 e. The van der Waals surface area contributed by atoms with Gasteiger partial charge in [0.2, 0.25) is 0 Å². The quantitative estimate of drug-likeness (QED) is 0.597. The molecule has 117 valence electrons. The fourth-order valence-electron chi connectivity index (χ4n) is 3.35. The molecule has 1 fully saturated rings. The van der Waals surface area contributed by atoms with Crippen LogP contribution in [-0.4, -0.2) is 9.78 Å². The van der Waals surface area contributed by atoms with Gasteiger partial charge >= 0.3 is 0 Å². The largest absolute Gasteiger partial charge is 0.267 e. The third-order valence-corrected chi connectivity index (χ3v) is 5.58. The standard InChI is InChI=1S/C19H24IN2/c1-14(2)19-17(20)18(16-11-7-4-8-12-16)21-22(19)13-15-9-5-3-6-10-15/h3-4,7-8,11-12,14-15H,5-6,9-10,13H2,1-2H3. The average Bonchev–Trinajstić information content (AvgIpc) is 2.85. The summed E-state index contributed by atoms with van der Waals surface area (Å²) in [6.07, 6.45) is 7.60. The molecule has 1 aliphatic rings. The van der Waals surface area contributed by atoms with Crippen molar-refractivity contribution in [2.45, 2.75) is 52.0 Å². The van der Waals surface area contributed by atoms with E-state index in [0.717, 1.165) is 18.2 Å². The zero-order chi connectivity index (χ0) is 15.5. The Balaban J connectivity index is 1.94. The lowest BCUT2D eigenvalue weighted by Gasteiger charge is -2.22. The van der Waals surface area contributed by atoms with Gasteiger partial charge in [-0.2, -0.15) is 5.10 Å². The molecule has 0 atom stereocenters. The van der Waals surface area contributed by atoms with Crippen molar-refractivity contribution < 1.29 is 0 Å². The van der Waals surface area contributed by atoms with Crippen LogP contribution in [-0.2, 0) is 6.54 Å². The number of hydrogen-bond acceptors (Lipinski definition) is 1. The molecule has 0 spiro atoms. The van der Waals surface area contributed by atoms with Gasteiger partial charge in [0.05, 0.1) is 9.26 Å². The summed E-state index contributed by atoms with van der Waals surface area (Å²) < 4.78 is 3.62. The van der Waals surface area contributed by atoms with Gasteiger partial charge < -0.3 is 0 Å². The molecule has 3 heteroatoms. The summed E-state index contributed by atoms with van der Waals surface area (Å²) in [5.74, 6) is 1.29. The summed E-state index contributed by atoms with van der Waals surface area (Å²) in [6, 6.07) is 10.6. The van der Waals surface area contributed by atoms with Gasteiger partial charge in [-0.05, 0) is 66.5 Å². The third kappa shape index (κ3) is 3.39. The first kappa shape index (κ1) is 16.0. The van der Waals surface area contributed by atoms with Gasteiger partial charge in [-0.25, -0.2) is 0 Å². The fourth-order valence-corrected chi connectivity index (χ4v) is 4.67. The Labute approximate surface area is 147 Å². The first-order valence-electron chi connectivity index (χ1n) is 8.30. The van der Waals surface area contributed by atoms with Crippen LogP contribution in [0.3, 0.4) is 0 Å². The minimum atomic E-state index is 0.506. The van der Waals surface area contributed by atoms with E-state index in [0.29, 0.717) is 5.92 Å². The van der Waals surface area contributed by atoms with Crippen LogP contribution < -0.4 is 0 Å². The molecule has 2 nitrogen and oxygen atoms in total. The summed E-state index contributed by atoms with van der Waals surface area (Å²) >= 11 is 2.49. The third-order valence-electron chi connectivity index (χ3n) is 4.51. The summed E-state index contributed by atoms with van der Waals surface area (Å²) in [5.41, 5.74) is 3.77. The molecule has 0 bridgehead atoms. The SMILES string of the molecule is CC(C)c1c(I)c(-c2ccccc2)nn1CC1CC[CH]CC1. The number of halogens is 1. The van der Waals surface area contributed by atoms with E-state index in [1.807, 2.05) is 0 Å². The molecule has 0 aliphatic heterocycles. The molecule has 1 radical (unpaired) electrons. The molecule has 1 aromatic carbocycles. The molecular weight excluding hydrogens is 383 g/mol. The zero-order valence-corrected chi connectivity index (χ0v) is 15.6. The molecule has 0 N–H and O–H groups in total. The highest BCUT2D eigenvalue weighted by molar-refractivity contribution is 14.1. The van der Waals surface area contributed by atoms with Gasteiger partial charge in [-0.15, -0.1) is 0 Å². The normalized spacial score (nSPS) is 16.4. The molecular formula is C19H24IN2. The number of nitrogens with zero attached hydrogens (tertiary/aromatic N) is 2. The highest BCUT2D eigenvalue weighted by atomic mass is 127. The highest BCUT2D eigenvalue weighted by Gasteiger charge is 2.22. The van der Waals surface area contributed by atoms with Crippen molar-refractivity contribution in [3.63, 3.8) is 0 Å². The Kier molecular flexibility index (Phi) is 5.21. The Morgan fingerprint density at radius 2 is 1.86 bits per heavy atom. The topological polar surface area (TPSA) is 17.8 Å². The van der Waals surface area contributed by atoms with Gasteiger partial charge in [0.1, 0.15) is 5.69 Å². The molecule has 22 heavy (non-hydrogen) atoms. The Bertz CT molecular complexity index is 610. The monoisotopic (exact) mass is 407 g/mol. The maximum atomic E-state index is 4.99. The van der Waals surface area contributed by atoms with E-state index in [9.17, 15) is 0 Å². The van der Waals surface area contributed by atoms with Crippen molar-refractivity contribution >= 4 is 22.6 Å². The lowest BCUT2D eigenvalue weighted by atomic mass is 9.89. The van der Waals surface area contributed by atoms with E-state index in [1.54, 1.807) is 0 Å².